The average molecular weight is 439 g/mol. The Morgan fingerprint density at radius 3 is 2.62 bits per heavy atom. The Labute approximate surface area is 176 Å². The lowest BCUT2D eigenvalue weighted by Gasteiger charge is -2.14. The van der Waals surface area contributed by atoms with Gasteiger partial charge in [-0.25, -0.2) is 0 Å². The van der Waals surface area contributed by atoms with E-state index in [1.165, 1.54) is 25.1 Å². The van der Waals surface area contributed by atoms with Crippen LogP contribution in [0.4, 0.5) is 5.69 Å². The van der Waals surface area contributed by atoms with Gasteiger partial charge in [0.1, 0.15) is 6.54 Å². The second kappa shape index (κ2) is 9.02. The molecule has 0 fully saturated rings. The summed E-state index contributed by atoms with van der Waals surface area (Å²) in [6.45, 7) is 1.10. The summed E-state index contributed by atoms with van der Waals surface area (Å²) in [7, 11) is 0. The van der Waals surface area contributed by atoms with Gasteiger partial charge in [0, 0.05) is 16.8 Å². The Hall–Kier alpha value is -2.97. The largest absolute Gasteiger partial charge is 0.454 e. The van der Waals surface area contributed by atoms with E-state index in [2.05, 4.69) is 10.6 Å². The average Bonchev–Trinajstić information content (AvgIpc) is 3.14. The van der Waals surface area contributed by atoms with E-state index >= 15 is 0 Å². The normalized spacial score (nSPS) is 12.8. The molecule has 2 aromatic rings. The number of amides is 2. The minimum Gasteiger partial charge on any atom is -0.454 e. The molecular weight excluding hydrogens is 423 g/mol. The minimum absolute atomic E-state index is 0.119. The number of fused-ring (bicyclic) bond motifs is 1. The zero-order valence-corrected chi connectivity index (χ0v) is 16.7. The van der Waals surface area contributed by atoms with E-state index in [4.69, 9.17) is 37.4 Å². The molecular formula is C19H16Cl2N2O6. The number of nitrogens with one attached hydrogen (secondary N) is 2. The Morgan fingerprint density at radius 2 is 1.86 bits per heavy atom. The van der Waals surface area contributed by atoms with Crippen molar-refractivity contribution >= 4 is 46.7 Å². The lowest BCUT2D eigenvalue weighted by atomic mass is 10.2. The number of ether oxygens (including phenoxy) is 3. The summed E-state index contributed by atoms with van der Waals surface area (Å²) in [4.78, 5) is 36.2. The van der Waals surface area contributed by atoms with E-state index in [1.807, 2.05) is 0 Å². The molecule has 1 unspecified atom stereocenters. The number of esters is 1. The molecule has 152 valence electrons. The SMILES string of the molecule is CC(OC(=O)CNC(=O)c1ccc(Cl)cc1Cl)C(=O)Nc1ccc2c(c1)OCO2. The monoisotopic (exact) mass is 438 g/mol. The first-order chi connectivity index (χ1) is 13.8. The maximum absolute atomic E-state index is 12.2. The highest BCUT2D eigenvalue weighted by molar-refractivity contribution is 6.36. The van der Waals surface area contributed by atoms with Crippen LogP contribution in [0.15, 0.2) is 36.4 Å². The van der Waals surface area contributed by atoms with Crippen molar-refractivity contribution in [3.05, 3.63) is 52.0 Å². The van der Waals surface area contributed by atoms with Crippen LogP contribution in [-0.2, 0) is 14.3 Å². The van der Waals surface area contributed by atoms with E-state index in [0.717, 1.165) is 0 Å². The molecule has 1 atom stereocenters. The predicted molar refractivity (Wildman–Crippen MR) is 106 cm³/mol. The molecule has 0 spiro atoms. The van der Waals surface area contributed by atoms with Crippen LogP contribution in [0.2, 0.25) is 10.0 Å². The molecule has 0 aliphatic carbocycles. The van der Waals surface area contributed by atoms with Crippen LogP contribution in [0.1, 0.15) is 17.3 Å². The highest BCUT2D eigenvalue weighted by Gasteiger charge is 2.20. The molecule has 8 nitrogen and oxygen atoms in total. The van der Waals surface area contributed by atoms with E-state index in [-0.39, 0.29) is 17.4 Å². The van der Waals surface area contributed by atoms with Crippen LogP contribution in [0.3, 0.4) is 0 Å². The summed E-state index contributed by atoms with van der Waals surface area (Å²) in [6.07, 6.45) is -1.08. The van der Waals surface area contributed by atoms with Crippen molar-refractivity contribution in [1.29, 1.82) is 0 Å². The lowest BCUT2D eigenvalue weighted by Crippen LogP contribution is -2.35. The van der Waals surface area contributed by atoms with Gasteiger partial charge >= 0.3 is 5.97 Å². The summed E-state index contributed by atoms with van der Waals surface area (Å²) >= 11 is 11.7. The van der Waals surface area contributed by atoms with Crippen LogP contribution >= 0.6 is 23.2 Å². The molecule has 29 heavy (non-hydrogen) atoms. The van der Waals surface area contributed by atoms with E-state index in [9.17, 15) is 14.4 Å². The van der Waals surface area contributed by atoms with Gasteiger partial charge in [-0.2, -0.15) is 0 Å². The first kappa shape index (κ1) is 20.8. The molecule has 0 radical (unpaired) electrons. The smallest absolute Gasteiger partial charge is 0.326 e. The summed E-state index contributed by atoms with van der Waals surface area (Å²) in [5.41, 5.74) is 0.630. The van der Waals surface area contributed by atoms with Crippen molar-refractivity contribution < 1.29 is 28.6 Å². The predicted octanol–water partition coefficient (Wildman–Crippen LogP) is 3.02. The maximum Gasteiger partial charge on any atom is 0.326 e. The van der Waals surface area contributed by atoms with E-state index in [0.29, 0.717) is 22.2 Å². The minimum atomic E-state index is -1.08. The van der Waals surface area contributed by atoms with Gasteiger partial charge in [-0.15, -0.1) is 0 Å². The number of benzene rings is 2. The molecule has 0 bridgehead atoms. The van der Waals surface area contributed by atoms with Gasteiger partial charge < -0.3 is 24.8 Å². The quantitative estimate of drug-likeness (QED) is 0.671. The summed E-state index contributed by atoms with van der Waals surface area (Å²) < 4.78 is 15.5. The lowest BCUT2D eigenvalue weighted by molar-refractivity contribution is -0.152. The fourth-order valence-corrected chi connectivity index (χ4v) is 2.93. The number of carbonyl (C=O) groups is 3. The molecule has 2 N–H and O–H groups in total. The molecule has 1 heterocycles. The van der Waals surface area contributed by atoms with Crippen molar-refractivity contribution in [2.45, 2.75) is 13.0 Å². The number of anilines is 1. The second-order valence-corrected chi connectivity index (χ2v) is 6.84. The highest BCUT2D eigenvalue weighted by Crippen LogP contribution is 2.34. The Bertz CT molecular complexity index is 966. The number of hydrogen-bond donors (Lipinski definition) is 2. The first-order valence-electron chi connectivity index (χ1n) is 8.46. The number of rotatable bonds is 6. The molecule has 0 aromatic heterocycles. The van der Waals surface area contributed by atoms with Crippen molar-refractivity contribution in [3.8, 4) is 11.5 Å². The van der Waals surface area contributed by atoms with Gasteiger partial charge in [0.15, 0.2) is 17.6 Å². The van der Waals surface area contributed by atoms with Crippen LogP contribution in [0, 0.1) is 0 Å². The van der Waals surface area contributed by atoms with Crippen LogP contribution < -0.4 is 20.1 Å². The third kappa shape index (κ3) is 5.30. The molecule has 1 aliphatic heterocycles. The molecule has 1 aliphatic rings. The molecule has 0 saturated carbocycles. The molecule has 3 rings (SSSR count). The van der Waals surface area contributed by atoms with Crippen LogP contribution in [0.25, 0.3) is 0 Å². The molecule has 0 saturated heterocycles. The van der Waals surface area contributed by atoms with E-state index < -0.39 is 30.4 Å². The van der Waals surface area contributed by atoms with Crippen molar-refractivity contribution in [1.82, 2.24) is 5.32 Å². The Morgan fingerprint density at radius 1 is 1.10 bits per heavy atom. The summed E-state index contributed by atoms with van der Waals surface area (Å²) in [5, 5.41) is 5.52. The van der Waals surface area contributed by atoms with Gasteiger partial charge in [0.2, 0.25) is 6.79 Å². The molecule has 2 amide bonds. The van der Waals surface area contributed by atoms with Gasteiger partial charge in [0.05, 0.1) is 10.6 Å². The standard InChI is InChI=1S/C19H16Cl2N2O6/c1-10(18(25)23-12-3-5-15-16(7-12)28-9-27-15)29-17(24)8-22-19(26)13-4-2-11(20)6-14(13)21/h2-7,10H,8-9H2,1H3,(H,22,26)(H,23,25). The first-order valence-corrected chi connectivity index (χ1v) is 9.22. The van der Waals surface area contributed by atoms with Crippen LogP contribution in [0.5, 0.6) is 11.5 Å². The number of hydrogen-bond acceptors (Lipinski definition) is 6. The molecule has 2 aromatic carbocycles. The highest BCUT2D eigenvalue weighted by atomic mass is 35.5. The van der Waals surface area contributed by atoms with Gasteiger partial charge in [0.25, 0.3) is 11.8 Å². The molecule has 10 heteroatoms. The zero-order valence-electron chi connectivity index (χ0n) is 15.2. The zero-order chi connectivity index (χ0) is 21.0. The van der Waals surface area contributed by atoms with Crippen molar-refractivity contribution in [2.24, 2.45) is 0 Å². The Balaban J connectivity index is 1.48. The van der Waals surface area contributed by atoms with Crippen molar-refractivity contribution in [2.75, 3.05) is 18.7 Å². The van der Waals surface area contributed by atoms with Gasteiger partial charge in [-0.05, 0) is 37.3 Å². The van der Waals surface area contributed by atoms with Crippen molar-refractivity contribution in [3.63, 3.8) is 0 Å². The Kier molecular flexibility index (Phi) is 6.46. The number of halogens is 2. The third-order valence-electron chi connectivity index (χ3n) is 3.89. The fourth-order valence-electron chi connectivity index (χ4n) is 2.43. The van der Waals surface area contributed by atoms with Crippen LogP contribution in [-0.4, -0.2) is 37.2 Å². The van der Waals surface area contributed by atoms with Gasteiger partial charge in [-0.1, -0.05) is 23.2 Å². The topological polar surface area (TPSA) is 103 Å². The fraction of sp³-hybridized carbons (Fsp3) is 0.211. The number of carbonyl (C=O) groups excluding carboxylic acids is 3. The maximum atomic E-state index is 12.2. The van der Waals surface area contributed by atoms with Gasteiger partial charge in [-0.3, -0.25) is 14.4 Å². The van der Waals surface area contributed by atoms with E-state index in [1.54, 1.807) is 18.2 Å². The third-order valence-corrected chi connectivity index (χ3v) is 4.43. The second-order valence-electron chi connectivity index (χ2n) is 6.00. The summed E-state index contributed by atoms with van der Waals surface area (Å²) in [5.74, 6) is -0.794. The summed E-state index contributed by atoms with van der Waals surface area (Å²) in [6, 6.07) is 9.25.